The number of piperidine rings is 1. The van der Waals surface area contributed by atoms with Gasteiger partial charge in [0, 0.05) is 39.3 Å². The first-order valence-corrected chi connectivity index (χ1v) is 9.39. The molecule has 0 saturated carbocycles. The number of likely N-dealkylation sites (tertiary alicyclic amines) is 1. The minimum Gasteiger partial charge on any atom is -0.352 e. The van der Waals surface area contributed by atoms with Crippen LogP contribution < -0.4 is 4.90 Å². The van der Waals surface area contributed by atoms with Crippen LogP contribution in [0.1, 0.15) is 38.8 Å². The average Bonchev–Trinajstić information content (AvgIpc) is 2.68. The van der Waals surface area contributed by atoms with E-state index >= 15 is 0 Å². The maximum Gasteiger partial charge on any atom is 0.239 e. The van der Waals surface area contributed by atoms with Crippen LogP contribution in [0.15, 0.2) is 6.33 Å². The van der Waals surface area contributed by atoms with Gasteiger partial charge in [0.2, 0.25) is 5.91 Å². The van der Waals surface area contributed by atoms with Crippen LogP contribution in [0.25, 0.3) is 0 Å². The van der Waals surface area contributed by atoms with E-state index in [1.165, 1.54) is 12.7 Å². The van der Waals surface area contributed by atoms with Gasteiger partial charge in [-0.3, -0.25) is 9.69 Å². The van der Waals surface area contributed by atoms with E-state index in [1.54, 1.807) is 0 Å². The van der Waals surface area contributed by atoms with E-state index in [0.29, 0.717) is 31.0 Å². The molecule has 0 bridgehead atoms. The third-order valence-electron chi connectivity index (χ3n) is 5.36. The summed E-state index contributed by atoms with van der Waals surface area (Å²) in [5.41, 5.74) is 0.459. The van der Waals surface area contributed by atoms with Gasteiger partial charge in [-0.2, -0.15) is 0 Å². The fourth-order valence-electron chi connectivity index (χ4n) is 3.72. The standard InChI is InChI=1S/C18H28FN5O/c1-3-15-16(19)17(21-13-20-15)23-11-9-22(10-12-23)14(2)18(25)24-7-5-4-6-8-24/h13-14H,3-12H2,1-2H3/t14-/m1/s1. The van der Waals surface area contributed by atoms with Crippen LogP contribution in [-0.4, -0.2) is 71.0 Å². The fourth-order valence-corrected chi connectivity index (χ4v) is 3.72. The predicted octanol–water partition coefficient (Wildman–Crippen LogP) is 1.70. The number of rotatable bonds is 4. The molecule has 2 aliphatic rings. The number of hydrogen-bond donors (Lipinski definition) is 0. The Labute approximate surface area is 149 Å². The summed E-state index contributed by atoms with van der Waals surface area (Å²) in [5.74, 6) is 0.312. The number of piperazine rings is 1. The average molecular weight is 349 g/mol. The molecule has 0 unspecified atom stereocenters. The molecule has 1 aromatic heterocycles. The fraction of sp³-hybridized carbons (Fsp3) is 0.722. The predicted molar refractivity (Wildman–Crippen MR) is 95.0 cm³/mol. The lowest BCUT2D eigenvalue weighted by Crippen LogP contribution is -2.55. The van der Waals surface area contributed by atoms with Crippen molar-refractivity contribution in [2.24, 2.45) is 0 Å². The Morgan fingerprint density at radius 3 is 2.44 bits per heavy atom. The molecule has 1 atom stereocenters. The number of carbonyl (C=O) groups is 1. The minimum atomic E-state index is -0.309. The third kappa shape index (κ3) is 3.92. The third-order valence-corrected chi connectivity index (χ3v) is 5.36. The molecule has 0 aromatic carbocycles. The molecule has 1 aromatic rings. The van der Waals surface area contributed by atoms with Crippen molar-refractivity contribution in [1.29, 1.82) is 0 Å². The van der Waals surface area contributed by atoms with Gasteiger partial charge in [0.05, 0.1) is 11.7 Å². The topological polar surface area (TPSA) is 52.6 Å². The molecule has 0 aliphatic carbocycles. The van der Waals surface area contributed by atoms with Crippen molar-refractivity contribution in [2.45, 2.75) is 45.6 Å². The van der Waals surface area contributed by atoms with Crippen LogP contribution in [0.2, 0.25) is 0 Å². The Hall–Kier alpha value is -1.76. The molecular formula is C18H28FN5O. The van der Waals surface area contributed by atoms with Crippen molar-refractivity contribution in [3.63, 3.8) is 0 Å². The summed E-state index contributed by atoms with van der Waals surface area (Å²) in [6, 6.07) is -0.110. The Balaban J connectivity index is 1.59. The minimum absolute atomic E-state index is 0.110. The molecule has 2 aliphatic heterocycles. The van der Waals surface area contributed by atoms with Crippen LogP contribution in [0.4, 0.5) is 10.2 Å². The number of amides is 1. The Bertz CT molecular complexity index is 597. The maximum absolute atomic E-state index is 14.4. The number of aryl methyl sites for hydroxylation is 1. The van der Waals surface area contributed by atoms with Gasteiger partial charge < -0.3 is 9.80 Å². The van der Waals surface area contributed by atoms with Crippen molar-refractivity contribution in [3.8, 4) is 0 Å². The van der Waals surface area contributed by atoms with E-state index in [4.69, 9.17) is 0 Å². The molecule has 3 heterocycles. The highest BCUT2D eigenvalue weighted by Crippen LogP contribution is 2.21. The zero-order valence-electron chi connectivity index (χ0n) is 15.2. The van der Waals surface area contributed by atoms with Crippen LogP contribution in [0, 0.1) is 5.82 Å². The number of anilines is 1. The Kier molecular flexibility index (Phi) is 5.83. The molecule has 0 radical (unpaired) electrons. The summed E-state index contributed by atoms with van der Waals surface area (Å²) in [5, 5.41) is 0. The van der Waals surface area contributed by atoms with Crippen LogP contribution in [-0.2, 0) is 11.2 Å². The maximum atomic E-state index is 14.4. The second-order valence-corrected chi connectivity index (χ2v) is 6.90. The highest BCUT2D eigenvalue weighted by atomic mass is 19.1. The summed E-state index contributed by atoms with van der Waals surface area (Å²) >= 11 is 0. The normalized spacial score (nSPS) is 20.6. The number of carbonyl (C=O) groups excluding carboxylic acids is 1. The van der Waals surface area contributed by atoms with Gasteiger partial charge in [0.25, 0.3) is 0 Å². The van der Waals surface area contributed by atoms with Gasteiger partial charge in [-0.15, -0.1) is 0 Å². The number of hydrogen-bond acceptors (Lipinski definition) is 5. The van der Waals surface area contributed by atoms with E-state index in [-0.39, 0.29) is 17.8 Å². The molecule has 2 saturated heterocycles. The zero-order chi connectivity index (χ0) is 17.8. The first kappa shape index (κ1) is 18.0. The second-order valence-electron chi connectivity index (χ2n) is 6.90. The van der Waals surface area contributed by atoms with Crippen molar-refractivity contribution < 1.29 is 9.18 Å². The monoisotopic (exact) mass is 349 g/mol. The summed E-state index contributed by atoms with van der Waals surface area (Å²) in [6.07, 6.45) is 5.44. The van der Waals surface area contributed by atoms with E-state index in [9.17, 15) is 9.18 Å². The summed E-state index contributed by atoms with van der Waals surface area (Å²) < 4.78 is 14.4. The summed E-state index contributed by atoms with van der Waals surface area (Å²) in [4.78, 5) is 27.0. The molecule has 7 heteroatoms. The van der Waals surface area contributed by atoms with E-state index in [2.05, 4.69) is 14.9 Å². The highest BCUT2D eigenvalue weighted by molar-refractivity contribution is 5.81. The lowest BCUT2D eigenvalue weighted by molar-refractivity contribution is -0.137. The van der Waals surface area contributed by atoms with Gasteiger partial charge >= 0.3 is 0 Å². The zero-order valence-corrected chi connectivity index (χ0v) is 15.2. The molecule has 1 amide bonds. The Morgan fingerprint density at radius 2 is 1.80 bits per heavy atom. The quantitative estimate of drug-likeness (QED) is 0.828. The Morgan fingerprint density at radius 1 is 1.12 bits per heavy atom. The van der Waals surface area contributed by atoms with Gasteiger partial charge in [0.15, 0.2) is 11.6 Å². The van der Waals surface area contributed by atoms with Gasteiger partial charge in [0.1, 0.15) is 6.33 Å². The van der Waals surface area contributed by atoms with Gasteiger partial charge in [-0.25, -0.2) is 14.4 Å². The molecule has 2 fully saturated rings. The van der Waals surface area contributed by atoms with E-state index in [0.717, 1.165) is 39.0 Å². The van der Waals surface area contributed by atoms with Crippen molar-refractivity contribution in [3.05, 3.63) is 17.8 Å². The molecule has 138 valence electrons. The first-order valence-electron chi connectivity index (χ1n) is 9.39. The summed E-state index contributed by atoms with van der Waals surface area (Å²) in [7, 11) is 0. The SMILES string of the molecule is CCc1ncnc(N2CCN([C@H](C)C(=O)N3CCCCC3)CC2)c1F. The van der Waals surface area contributed by atoms with Crippen molar-refractivity contribution in [1.82, 2.24) is 19.8 Å². The highest BCUT2D eigenvalue weighted by Gasteiger charge is 2.30. The lowest BCUT2D eigenvalue weighted by Gasteiger charge is -2.40. The second kappa shape index (κ2) is 8.08. The number of aromatic nitrogens is 2. The molecule has 3 rings (SSSR count). The molecule has 0 spiro atoms. The number of nitrogens with zero attached hydrogens (tertiary/aromatic N) is 5. The largest absolute Gasteiger partial charge is 0.352 e. The molecule has 25 heavy (non-hydrogen) atoms. The van der Waals surface area contributed by atoms with Crippen molar-refractivity contribution in [2.75, 3.05) is 44.2 Å². The molecule has 0 N–H and O–H groups in total. The van der Waals surface area contributed by atoms with Gasteiger partial charge in [-0.05, 0) is 32.6 Å². The molecule has 6 nitrogen and oxygen atoms in total. The van der Waals surface area contributed by atoms with Crippen molar-refractivity contribution >= 4 is 11.7 Å². The number of halogens is 1. The van der Waals surface area contributed by atoms with Gasteiger partial charge in [-0.1, -0.05) is 6.92 Å². The lowest BCUT2D eigenvalue weighted by atomic mass is 10.1. The van der Waals surface area contributed by atoms with Crippen LogP contribution in [0.3, 0.4) is 0 Å². The smallest absolute Gasteiger partial charge is 0.239 e. The summed E-state index contributed by atoms with van der Waals surface area (Å²) in [6.45, 7) is 8.49. The first-order chi connectivity index (χ1) is 12.1. The molecular weight excluding hydrogens is 321 g/mol. The van der Waals surface area contributed by atoms with E-state index < -0.39 is 0 Å². The van der Waals surface area contributed by atoms with Crippen LogP contribution in [0.5, 0.6) is 0 Å². The van der Waals surface area contributed by atoms with E-state index in [1.807, 2.05) is 23.6 Å². The van der Waals surface area contributed by atoms with Crippen LogP contribution >= 0.6 is 0 Å².